The fourth-order valence-electron chi connectivity index (χ4n) is 2.17. The van der Waals surface area contributed by atoms with E-state index in [1.807, 2.05) is 6.92 Å². The van der Waals surface area contributed by atoms with Gasteiger partial charge in [0.15, 0.2) is 0 Å². The molecule has 0 saturated heterocycles. The summed E-state index contributed by atoms with van der Waals surface area (Å²) in [5.41, 5.74) is 0.241. The van der Waals surface area contributed by atoms with E-state index in [4.69, 9.17) is 11.6 Å². The van der Waals surface area contributed by atoms with E-state index in [1.54, 1.807) is 16.8 Å². The van der Waals surface area contributed by atoms with Crippen molar-refractivity contribution >= 4 is 11.6 Å². The monoisotopic (exact) mass is 281 g/mol. The lowest BCUT2D eigenvalue weighted by molar-refractivity contribution is 0.148. The van der Waals surface area contributed by atoms with Crippen LogP contribution in [0.15, 0.2) is 30.6 Å². The Morgan fingerprint density at radius 3 is 2.11 bits per heavy atom. The minimum atomic E-state index is -0.520. The standard InChI is InChI=1S/C14H17ClFN3/c1-13(2,3)14(4,19-12(15)17-9-18-19)10-5-7-11(16)8-6-10/h5-9H,1-4H3. The van der Waals surface area contributed by atoms with Gasteiger partial charge in [-0.3, -0.25) is 0 Å². The van der Waals surface area contributed by atoms with Crippen molar-refractivity contribution in [2.75, 3.05) is 0 Å². The van der Waals surface area contributed by atoms with E-state index >= 15 is 0 Å². The van der Waals surface area contributed by atoms with E-state index in [0.29, 0.717) is 5.28 Å². The highest BCUT2D eigenvalue weighted by Crippen LogP contribution is 2.43. The predicted octanol–water partition coefficient (Wildman–Crippen LogP) is 3.88. The molecule has 1 atom stereocenters. The average Bonchev–Trinajstić information content (AvgIpc) is 2.74. The Hall–Kier alpha value is -1.42. The Bertz CT molecular complexity index is 571. The van der Waals surface area contributed by atoms with E-state index < -0.39 is 5.54 Å². The smallest absolute Gasteiger partial charge is 0.221 e. The molecule has 0 fully saturated rings. The quantitative estimate of drug-likeness (QED) is 0.836. The number of rotatable bonds is 2. The third-order valence-corrected chi connectivity index (χ3v) is 4.05. The molecule has 0 N–H and O–H groups in total. The van der Waals surface area contributed by atoms with Gasteiger partial charge in [0.2, 0.25) is 5.28 Å². The average molecular weight is 282 g/mol. The second kappa shape index (κ2) is 4.60. The van der Waals surface area contributed by atoms with Crippen molar-refractivity contribution in [2.45, 2.75) is 33.2 Å². The maximum Gasteiger partial charge on any atom is 0.221 e. The highest BCUT2D eigenvalue weighted by atomic mass is 35.5. The summed E-state index contributed by atoms with van der Waals surface area (Å²) in [5.74, 6) is -0.260. The molecule has 2 aromatic rings. The van der Waals surface area contributed by atoms with Gasteiger partial charge < -0.3 is 0 Å². The van der Waals surface area contributed by atoms with Gasteiger partial charge in [-0.25, -0.2) is 14.1 Å². The summed E-state index contributed by atoms with van der Waals surface area (Å²) in [6, 6.07) is 6.42. The van der Waals surface area contributed by atoms with Crippen LogP contribution < -0.4 is 0 Å². The zero-order chi connectivity index (χ0) is 14.3. The number of hydrogen-bond acceptors (Lipinski definition) is 2. The van der Waals surface area contributed by atoms with Crippen molar-refractivity contribution in [1.29, 1.82) is 0 Å². The van der Waals surface area contributed by atoms with Gasteiger partial charge >= 0.3 is 0 Å². The van der Waals surface area contributed by atoms with Crippen molar-refractivity contribution in [3.8, 4) is 0 Å². The molecular formula is C14H17ClFN3. The molecule has 0 radical (unpaired) electrons. The number of hydrogen-bond donors (Lipinski definition) is 0. The first-order chi connectivity index (χ1) is 8.76. The molecule has 1 unspecified atom stereocenters. The van der Waals surface area contributed by atoms with Gasteiger partial charge in [-0.1, -0.05) is 32.9 Å². The highest BCUT2D eigenvalue weighted by molar-refractivity contribution is 6.28. The Kier molecular flexibility index (Phi) is 3.39. The number of aromatic nitrogens is 3. The van der Waals surface area contributed by atoms with Crippen LogP contribution in [-0.2, 0) is 5.54 Å². The fourth-order valence-corrected chi connectivity index (χ4v) is 2.43. The minimum Gasteiger partial charge on any atom is -0.225 e. The molecule has 0 bridgehead atoms. The summed E-state index contributed by atoms with van der Waals surface area (Å²) in [6.07, 6.45) is 1.43. The number of nitrogens with zero attached hydrogens (tertiary/aromatic N) is 3. The van der Waals surface area contributed by atoms with Gasteiger partial charge in [-0.15, -0.1) is 0 Å². The van der Waals surface area contributed by atoms with Gasteiger partial charge in [-0.2, -0.15) is 5.10 Å². The molecule has 3 nitrogen and oxygen atoms in total. The van der Waals surface area contributed by atoms with Crippen LogP contribution in [0.25, 0.3) is 0 Å². The van der Waals surface area contributed by atoms with Gasteiger partial charge in [0, 0.05) is 0 Å². The summed E-state index contributed by atoms with van der Waals surface area (Å²) >= 11 is 6.13. The molecule has 2 rings (SSSR count). The topological polar surface area (TPSA) is 30.7 Å². The first-order valence-corrected chi connectivity index (χ1v) is 6.46. The molecule has 0 aliphatic rings. The van der Waals surface area contributed by atoms with E-state index in [1.165, 1.54) is 18.5 Å². The molecule has 19 heavy (non-hydrogen) atoms. The van der Waals surface area contributed by atoms with E-state index in [-0.39, 0.29) is 11.2 Å². The van der Waals surface area contributed by atoms with Crippen LogP contribution in [-0.4, -0.2) is 14.8 Å². The predicted molar refractivity (Wildman–Crippen MR) is 73.6 cm³/mol. The minimum absolute atomic E-state index is 0.178. The maximum atomic E-state index is 13.1. The maximum absolute atomic E-state index is 13.1. The summed E-state index contributed by atoms with van der Waals surface area (Å²) in [4.78, 5) is 3.98. The molecular weight excluding hydrogens is 265 g/mol. The third kappa shape index (κ3) is 2.25. The SMILES string of the molecule is CC(C)(C)C(C)(c1ccc(F)cc1)n1ncnc1Cl. The highest BCUT2D eigenvalue weighted by Gasteiger charge is 2.43. The van der Waals surface area contributed by atoms with Crippen molar-refractivity contribution < 1.29 is 4.39 Å². The molecule has 1 heterocycles. The molecule has 0 aliphatic carbocycles. The van der Waals surface area contributed by atoms with Crippen molar-refractivity contribution in [1.82, 2.24) is 14.8 Å². The van der Waals surface area contributed by atoms with Crippen molar-refractivity contribution in [3.63, 3.8) is 0 Å². The molecule has 0 spiro atoms. The van der Waals surface area contributed by atoms with Gasteiger partial charge in [0.25, 0.3) is 0 Å². The van der Waals surface area contributed by atoms with Crippen LogP contribution in [0.5, 0.6) is 0 Å². The number of benzene rings is 1. The molecule has 1 aromatic carbocycles. The molecule has 102 valence electrons. The Morgan fingerprint density at radius 2 is 1.68 bits per heavy atom. The molecule has 0 saturated carbocycles. The largest absolute Gasteiger partial charge is 0.225 e. The van der Waals surface area contributed by atoms with Crippen LogP contribution in [0.3, 0.4) is 0 Å². The first-order valence-electron chi connectivity index (χ1n) is 6.09. The normalized spacial score (nSPS) is 15.3. The van der Waals surface area contributed by atoms with Gasteiger partial charge in [0.1, 0.15) is 12.1 Å². The molecule has 5 heteroatoms. The van der Waals surface area contributed by atoms with Crippen LogP contribution >= 0.6 is 11.6 Å². The van der Waals surface area contributed by atoms with Crippen LogP contribution in [0.2, 0.25) is 5.28 Å². The third-order valence-electron chi connectivity index (χ3n) is 3.80. The van der Waals surface area contributed by atoms with E-state index in [0.717, 1.165) is 5.56 Å². The fraction of sp³-hybridized carbons (Fsp3) is 0.429. The summed E-state index contributed by atoms with van der Waals surface area (Å²) < 4.78 is 14.8. The molecule has 1 aromatic heterocycles. The van der Waals surface area contributed by atoms with E-state index in [2.05, 4.69) is 30.9 Å². The molecule has 0 amide bonds. The van der Waals surface area contributed by atoms with Crippen molar-refractivity contribution in [3.05, 3.63) is 47.3 Å². The zero-order valence-corrected chi connectivity index (χ0v) is 12.2. The summed E-state index contributed by atoms with van der Waals surface area (Å²) in [5, 5.41) is 4.55. The lowest BCUT2D eigenvalue weighted by Crippen LogP contribution is -2.44. The Morgan fingerprint density at radius 1 is 1.11 bits per heavy atom. The van der Waals surface area contributed by atoms with Gasteiger partial charge in [0.05, 0.1) is 5.54 Å². The van der Waals surface area contributed by atoms with Crippen LogP contribution in [0.1, 0.15) is 33.3 Å². The Labute approximate surface area is 117 Å². The lowest BCUT2D eigenvalue weighted by atomic mass is 9.70. The number of halogens is 2. The molecule has 0 aliphatic heterocycles. The first kappa shape index (κ1) is 14.0. The van der Waals surface area contributed by atoms with Crippen LogP contribution in [0, 0.1) is 11.2 Å². The summed E-state index contributed by atoms with van der Waals surface area (Å²) in [7, 11) is 0. The van der Waals surface area contributed by atoms with Gasteiger partial charge in [-0.05, 0) is 41.6 Å². The summed E-state index contributed by atoms with van der Waals surface area (Å²) in [6.45, 7) is 8.30. The van der Waals surface area contributed by atoms with Crippen LogP contribution in [0.4, 0.5) is 4.39 Å². The zero-order valence-electron chi connectivity index (χ0n) is 11.5. The van der Waals surface area contributed by atoms with Crippen molar-refractivity contribution in [2.24, 2.45) is 5.41 Å². The van der Waals surface area contributed by atoms with E-state index in [9.17, 15) is 4.39 Å². The lowest BCUT2D eigenvalue weighted by Gasteiger charge is -2.42. The second-order valence-electron chi connectivity index (χ2n) is 5.77. The Balaban J connectivity index is 2.66. The second-order valence-corrected chi connectivity index (χ2v) is 6.11.